The lowest BCUT2D eigenvalue weighted by molar-refractivity contribution is 0.301. The van der Waals surface area contributed by atoms with Crippen LogP contribution in [0.1, 0.15) is 13.3 Å². The highest BCUT2D eigenvalue weighted by atomic mass is 16.5. The first-order valence-electron chi connectivity index (χ1n) is 6.44. The summed E-state index contributed by atoms with van der Waals surface area (Å²) in [5.74, 6) is 0.799. The third-order valence-electron chi connectivity index (χ3n) is 2.95. The molecular weight excluding hydrogens is 242 g/mol. The van der Waals surface area contributed by atoms with E-state index in [0.29, 0.717) is 19.7 Å². The smallest absolute Gasteiger partial charge is 0.328 e. The fraction of sp³-hybridized carbons (Fsp3) is 0.357. The highest BCUT2D eigenvalue weighted by molar-refractivity contribution is 5.41. The van der Waals surface area contributed by atoms with E-state index in [9.17, 15) is 4.79 Å². The van der Waals surface area contributed by atoms with Crippen LogP contribution >= 0.6 is 0 Å². The fourth-order valence-corrected chi connectivity index (χ4v) is 1.85. The van der Waals surface area contributed by atoms with E-state index in [1.165, 1.54) is 0 Å². The summed E-state index contributed by atoms with van der Waals surface area (Å²) in [6.07, 6.45) is 4.41. The van der Waals surface area contributed by atoms with Crippen LogP contribution < -0.4 is 16.2 Å². The zero-order valence-corrected chi connectivity index (χ0v) is 11.1. The van der Waals surface area contributed by atoms with Gasteiger partial charge in [0.1, 0.15) is 5.75 Å². The molecule has 0 saturated heterocycles. The van der Waals surface area contributed by atoms with Crippen molar-refractivity contribution in [3.63, 3.8) is 0 Å². The van der Waals surface area contributed by atoms with Crippen molar-refractivity contribution >= 4 is 5.69 Å². The van der Waals surface area contributed by atoms with Crippen molar-refractivity contribution in [2.75, 3.05) is 12.3 Å². The highest BCUT2D eigenvalue weighted by Gasteiger charge is 2.01. The summed E-state index contributed by atoms with van der Waals surface area (Å²) in [5, 5.41) is 0. The predicted molar refractivity (Wildman–Crippen MR) is 75.3 cm³/mol. The minimum atomic E-state index is 0.0370. The van der Waals surface area contributed by atoms with Crippen molar-refractivity contribution in [2.24, 2.45) is 0 Å². The van der Waals surface area contributed by atoms with Crippen molar-refractivity contribution in [3.8, 4) is 5.75 Å². The number of aryl methyl sites for hydroxylation is 2. The van der Waals surface area contributed by atoms with Gasteiger partial charge in [0.05, 0.1) is 6.61 Å². The van der Waals surface area contributed by atoms with Crippen LogP contribution in [0.5, 0.6) is 5.75 Å². The molecule has 0 aliphatic rings. The molecule has 0 aliphatic carbocycles. The summed E-state index contributed by atoms with van der Waals surface area (Å²) in [6, 6.07) is 7.30. The Hall–Kier alpha value is -2.17. The average Bonchev–Trinajstić information content (AvgIpc) is 2.77. The Balaban J connectivity index is 1.79. The number of imidazole rings is 1. The van der Waals surface area contributed by atoms with Gasteiger partial charge in [0.25, 0.3) is 0 Å². The standard InChI is InChI=1S/C14H19N3O2/c1-2-16-9-10-17(14(16)18)8-3-11-19-13-6-4-12(15)5-7-13/h4-7,9-10H,2-3,8,11,15H2,1H3. The van der Waals surface area contributed by atoms with Crippen LogP contribution in [-0.4, -0.2) is 15.7 Å². The summed E-state index contributed by atoms with van der Waals surface area (Å²) in [5.41, 5.74) is 6.35. The number of rotatable bonds is 6. The Morgan fingerprint density at radius 2 is 1.84 bits per heavy atom. The summed E-state index contributed by atoms with van der Waals surface area (Å²) >= 11 is 0. The number of nitrogens with two attached hydrogens (primary N) is 1. The molecule has 5 heteroatoms. The Morgan fingerprint density at radius 3 is 2.47 bits per heavy atom. The molecule has 2 aromatic rings. The molecule has 0 aliphatic heterocycles. The lowest BCUT2D eigenvalue weighted by Crippen LogP contribution is -2.24. The third-order valence-corrected chi connectivity index (χ3v) is 2.95. The van der Waals surface area contributed by atoms with E-state index in [1.807, 2.05) is 31.5 Å². The van der Waals surface area contributed by atoms with E-state index < -0.39 is 0 Å². The van der Waals surface area contributed by atoms with Crippen LogP contribution in [0.3, 0.4) is 0 Å². The zero-order valence-electron chi connectivity index (χ0n) is 11.1. The van der Waals surface area contributed by atoms with Gasteiger partial charge in [-0.15, -0.1) is 0 Å². The summed E-state index contributed by atoms with van der Waals surface area (Å²) in [4.78, 5) is 11.8. The van der Waals surface area contributed by atoms with Crippen LogP contribution in [0.15, 0.2) is 41.5 Å². The minimum absolute atomic E-state index is 0.0370. The first kappa shape index (κ1) is 13.3. The Morgan fingerprint density at radius 1 is 1.16 bits per heavy atom. The van der Waals surface area contributed by atoms with Gasteiger partial charge in [-0.3, -0.25) is 9.13 Å². The van der Waals surface area contributed by atoms with E-state index in [1.54, 1.807) is 21.3 Å². The SMILES string of the molecule is CCn1ccn(CCCOc2ccc(N)cc2)c1=O. The number of nitrogens with zero attached hydrogens (tertiary/aromatic N) is 2. The van der Waals surface area contributed by atoms with E-state index in [4.69, 9.17) is 10.5 Å². The van der Waals surface area contributed by atoms with Gasteiger partial charge in [-0.2, -0.15) is 0 Å². The molecule has 0 unspecified atom stereocenters. The Kier molecular flexibility index (Phi) is 4.28. The maximum atomic E-state index is 11.8. The van der Waals surface area contributed by atoms with Gasteiger partial charge < -0.3 is 10.5 Å². The summed E-state index contributed by atoms with van der Waals surface area (Å²) < 4.78 is 8.96. The molecule has 0 spiro atoms. The molecule has 102 valence electrons. The molecule has 19 heavy (non-hydrogen) atoms. The average molecular weight is 261 g/mol. The van der Waals surface area contributed by atoms with Crippen molar-refractivity contribution in [3.05, 3.63) is 47.1 Å². The van der Waals surface area contributed by atoms with Gasteiger partial charge in [-0.05, 0) is 37.6 Å². The van der Waals surface area contributed by atoms with Crippen molar-refractivity contribution in [2.45, 2.75) is 26.4 Å². The number of ether oxygens (including phenoxy) is 1. The van der Waals surface area contributed by atoms with E-state index in [0.717, 1.165) is 17.9 Å². The maximum Gasteiger partial charge on any atom is 0.328 e. The quantitative estimate of drug-likeness (QED) is 0.636. The second kappa shape index (κ2) is 6.13. The fourth-order valence-electron chi connectivity index (χ4n) is 1.85. The van der Waals surface area contributed by atoms with Gasteiger partial charge in [0.2, 0.25) is 0 Å². The number of anilines is 1. The zero-order chi connectivity index (χ0) is 13.7. The molecule has 5 nitrogen and oxygen atoms in total. The molecule has 2 rings (SSSR count). The van der Waals surface area contributed by atoms with Crippen LogP contribution in [0.25, 0.3) is 0 Å². The first-order chi connectivity index (χ1) is 9.20. The lowest BCUT2D eigenvalue weighted by atomic mass is 10.3. The second-order valence-corrected chi connectivity index (χ2v) is 4.33. The molecule has 0 amide bonds. The van der Waals surface area contributed by atoms with Gasteiger partial charge in [-0.25, -0.2) is 4.79 Å². The Bertz CT molecular complexity index is 569. The predicted octanol–water partition coefficient (Wildman–Crippen LogP) is 1.72. The van der Waals surface area contributed by atoms with Gasteiger partial charge >= 0.3 is 5.69 Å². The molecule has 1 aromatic heterocycles. The van der Waals surface area contributed by atoms with Crippen LogP contribution in [-0.2, 0) is 13.1 Å². The molecule has 0 radical (unpaired) electrons. The molecular formula is C14H19N3O2. The molecule has 0 bridgehead atoms. The minimum Gasteiger partial charge on any atom is -0.494 e. The normalized spacial score (nSPS) is 10.6. The van der Waals surface area contributed by atoms with Crippen molar-refractivity contribution in [1.29, 1.82) is 0 Å². The maximum absolute atomic E-state index is 11.8. The van der Waals surface area contributed by atoms with E-state index in [-0.39, 0.29) is 5.69 Å². The molecule has 0 fully saturated rings. The van der Waals surface area contributed by atoms with Gasteiger partial charge in [0, 0.05) is 31.2 Å². The number of benzene rings is 1. The molecule has 2 N–H and O–H groups in total. The van der Waals surface area contributed by atoms with E-state index >= 15 is 0 Å². The molecule has 1 aromatic carbocycles. The molecule has 0 atom stereocenters. The van der Waals surface area contributed by atoms with Crippen LogP contribution in [0.2, 0.25) is 0 Å². The largest absolute Gasteiger partial charge is 0.494 e. The number of nitrogen functional groups attached to an aromatic ring is 1. The van der Waals surface area contributed by atoms with E-state index in [2.05, 4.69) is 0 Å². The lowest BCUT2D eigenvalue weighted by Gasteiger charge is -2.06. The van der Waals surface area contributed by atoms with Crippen molar-refractivity contribution < 1.29 is 4.74 Å². The first-order valence-corrected chi connectivity index (χ1v) is 6.44. The number of aromatic nitrogens is 2. The van der Waals surface area contributed by atoms with Crippen LogP contribution in [0, 0.1) is 0 Å². The molecule has 1 heterocycles. The van der Waals surface area contributed by atoms with Crippen molar-refractivity contribution in [1.82, 2.24) is 9.13 Å². The highest BCUT2D eigenvalue weighted by Crippen LogP contribution is 2.13. The van der Waals surface area contributed by atoms with Gasteiger partial charge in [-0.1, -0.05) is 0 Å². The third kappa shape index (κ3) is 3.40. The topological polar surface area (TPSA) is 62.2 Å². The van der Waals surface area contributed by atoms with Gasteiger partial charge in [0.15, 0.2) is 0 Å². The summed E-state index contributed by atoms with van der Waals surface area (Å²) in [7, 11) is 0. The second-order valence-electron chi connectivity index (χ2n) is 4.33. The number of hydrogen-bond acceptors (Lipinski definition) is 3. The Labute approximate surface area is 112 Å². The monoisotopic (exact) mass is 261 g/mol. The summed E-state index contributed by atoms with van der Waals surface area (Å²) in [6.45, 7) is 3.90. The number of hydrogen-bond donors (Lipinski definition) is 1. The van der Waals surface area contributed by atoms with Crippen LogP contribution in [0.4, 0.5) is 5.69 Å². The molecule has 0 saturated carbocycles.